The Morgan fingerprint density at radius 2 is 1.82 bits per heavy atom. The summed E-state index contributed by atoms with van der Waals surface area (Å²) in [4.78, 5) is 28.2. The van der Waals surface area contributed by atoms with E-state index in [1.807, 2.05) is 18.2 Å². The number of aromatic nitrogens is 3. The molecule has 5 N–H and O–H groups in total. The van der Waals surface area contributed by atoms with Gasteiger partial charge < -0.3 is 21.1 Å². The maximum absolute atomic E-state index is 13.5. The summed E-state index contributed by atoms with van der Waals surface area (Å²) in [5.74, 6) is -3.09. The van der Waals surface area contributed by atoms with Crippen molar-refractivity contribution in [3.8, 4) is 11.1 Å². The van der Waals surface area contributed by atoms with Crippen molar-refractivity contribution in [1.82, 2.24) is 25.8 Å². The van der Waals surface area contributed by atoms with Gasteiger partial charge in [0.1, 0.15) is 0 Å². The van der Waals surface area contributed by atoms with Crippen LogP contribution in [0.5, 0.6) is 0 Å². The van der Waals surface area contributed by atoms with E-state index in [-0.39, 0.29) is 36.4 Å². The number of fused-ring (bicyclic) bond motifs is 1. The van der Waals surface area contributed by atoms with Gasteiger partial charge in [-0.2, -0.15) is 5.10 Å². The van der Waals surface area contributed by atoms with Gasteiger partial charge in [0.15, 0.2) is 0 Å². The molecule has 0 atom stereocenters. The highest BCUT2D eigenvalue weighted by atomic mass is 19.3. The highest BCUT2D eigenvalue weighted by molar-refractivity contribution is 6.08. The quantitative estimate of drug-likeness (QED) is 0.386. The highest BCUT2D eigenvalue weighted by Gasteiger charge is 2.45. The molecule has 1 aromatic carbocycles. The Hall–Kier alpha value is -3.76. The summed E-state index contributed by atoms with van der Waals surface area (Å²) in [6, 6.07) is 4.72. The summed E-state index contributed by atoms with van der Waals surface area (Å²) in [7, 11) is 0. The second kappa shape index (κ2) is 7.98. The largest absolute Gasteiger partial charge is 0.465 e. The summed E-state index contributed by atoms with van der Waals surface area (Å²) in [6.07, 6.45) is 4.13. The molecule has 0 radical (unpaired) electrons. The molecule has 0 saturated heterocycles. The lowest BCUT2D eigenvalue weighted by atomic mass is 9.86. The van der Waals surface area contributed by atoms with Crippen LogP contribution in [0.25, 0.3) is 22.0 Å². The number of benzene rings is 1. The third-order valence-corrected chi connectivity index (χ3v) is 6.18. The zero-order valence-corrected chi connectivity index (χ0v) is 17.4. The molecule has 11 heteroatoms. The van der Waals surface area contributed by atoms with Crippen LogP contribution in [0.3, 0.4) is 0 Å². The predicted molar refractivity (Wildman–Crippen MR) is 116 cm³/mol. The van der Waals surface area contributed by atoms with Gasteiger partial charge in [0.25, 0.3) is 11.8 Å². The molecule has 0 aliphatic heterocycles. The summed E-state index contributed by atoms with van der Waals surface area (Å²) in [5.41, 5.74) is 3.04. The molecule has 2 amide bonds. The number of carbonyl (C=O) groups is 2. The third kappa shape index (κ3) is 4.30. The van der Waals surface area contributed by atoms with E-state index in [4.69, 9.17) is 5.11 Å². The van der Waals surface area contributed by atoms with E-state index in [9.17, 15) is 18.4 Å². The highest BCUT2D eigenvalue weighted by Crippen LogP contribution is 2.41. The van der Waals surface area contributed by atoms with Crippen LogP contribution in [0.2, 0.25) is 0 Å². The number of amides is 2. The van der Waals surface area contributed by atoms with E-state index in [0.717, 1.165) is 11.1 Å². The molecule has 3 aromatic rings. The Labute approximate surface area is 187 Å². The van der Waals surface area contributed by atoms with Gasteiger partial charge in [0, 0.05) is 54.3 Å². The Balaban J connectivity index is 1.44. The zero-order valence-electron chi connectivity index (χ0n) is 17.4. The van der Waals surface area contributed by atoms with E-state index in [2.05, 4.69) is 31.1 Å². The number of pyridine rings is 1. The number of hydrogen-bond acceptors (Lipinski definition) is 5. The van der Waals surface area contributed by atoms with Crippen molar-refractivity contribution in [3.05, 3.63) is 42.4 Å². The number of alkyl halides is 2. The average Bonchev–Trinajstić information content (AvgIpc) is 3.25. The maximum atomic E-state index is 13.5. The molecule has 33 heavy (non-hydrogen) atoms. The first-order valence-electron chi connectivity index (χ1n) is 10.6. The van der Waals surface area contributed by atoms with Crippen LogP contribution >= 0.6 is 0 Å². The summed E-state index contributed by atoms with van der Waals surface area (Å²) < 4.78 is 27.0. The van der Waals surface area contributed by atoms with Gasteiger partial charge in [0.2, 0.25) is 0 Å². The number of aromatic amines is 1. The SMILES string of the molecule is O=C(O)NC1CC(NC(=O)c2cnc3ccc(-c4cn[nH]c4)cc3c2NC2CC(F)(F)C2)C1. The number of hydrogen-bond donors (Lipinski definition) is 5. The topological polar surface area (TPSA) is 132 Å². The van der Waals surface area contributed by atoms with Crippen LogP contribution in [-0.2, 0) is 0 Å². The van der Waals surface area contributed by atoms with Crippen LogP contribution in [0, 0.1) is 0 Å². The second-order valence-electron chi connectivity index (χ2n) is 8.66. The fourth-order valence-electron chi connectivity index (χ4n) is 4.37. The molecular formula is C22H22F2N6O3. The summed E-state index contributed by atoms with van der Waals surface area (Å²) >= 11 is 0. The zero-order chi connectivity index (χ0) is 23.2. The average molecular weight is 456 g/mol. The molecular weight excluding hydrogens is 434 g/mol. The predicted octanol–water partition coefficient (Wildman–Crippen LogP) is 3.36. The van der Waals surface area contributed by atoms with Crippen LogP contribution in [0.4, 0.5) is 19.3 Å². The molecule has 2 aliphatic carbocycles. The number of anilines is 1. The Kier molecular flexibility index (Phi) is 5.10. The summed E-state index contributed by atoms with van der Waals surface area (Å²) in [5, 5.41) is 24.6. The van der Waals surface area contributed by atoms with Crippen LogP contribution in [0.15, 0.2) is 36.8 Å². The molecule has 172 valence electrons. The number of nitrogens with zero attached hydrogens (tertiary/aromatic N) is 2. The lowest BCUT2D eigenvalue weighted by Crippen LogP contribution is -2.53. The van der Waals surface area contributed by atoms with E-state index < -0.39 is 18.1 Å². The van der Waals surface area contributed by atoms with Gasteiger partial charge in [-0.05, 0) is 30.5 Å². The van der Waals surface area contributed by atoms with Crippen LogP contribution in [-0.4, -0.2) is 56.3 Å². The monoisotopic (exact) mass is 456 g/mol. The number of carbonyl (C=O) groups excluding carboxylic acids is 1. The second-order valence-corrected chi connectivity index (χ2v) is 8.66. The normalized spacial score (nSPS) is 21.6. The van der Waals surface area contributed by atoms with Crippen molar-refractivity contribution >= 4 is 28.6 Å². The Morgan fingerprint density at radius 1 is 1.06 bits per heavy atom. The summed E-state index contributed by atoms with van der Waals surface area (Å²) in [6.45, 7) is 0. The molecule has 5 rings (SSSR count). The van der Waals surface area contributed by atoms with E-state index in [0.29, 0.717) is 29.4 Å². The molecule has 2 aliphatic rings. The molecule has 2 aromatic heterocycles. The van der Waals surface area contributed by atoms with Gasteiger partial charge in [-0.3, -0.25) is 14.9 Å². The van der Waals surface area contributed by atoms with E-state index in [1.54, 1.807) is 12.4 Å². The fraction of sp³-hybridized carbons (Fsp3) is 0.364. The van der Waals surface area contributed by atoms with Gasteiger partial charge in [-0.25, -0.2) is 13.6 Å². The first-order chi connectivity index (χ1) is 15.8. The standard InChI is InChI=1S/C22H22F2N6O3/c23-22(24)6-15(7-22)28-19-16-3-11(12-8-26-27-9-12)1-2-18(16)25-10-17(19)20(31)29-13-4-14(5-13)30-21(32)33/h1-3,8-10,13-15,30H,4-7H2,(H,25,28)(H,26,27)(H,29,31)(H,32,33). The van der Waals surface area contributed by atoms with E-state index >= 15 is 0 Å². The number of carboxylic acid groups (broad SMARTS) is 1. The van der Waals surface area contributed by atoms with Crippen molar-refractivity contribution in [1.29, 1.82) is 0 Å². The molecule has 2 fully saturated rings. The van der Waals surface area contributed by atoms with Gasteiger partial charge >= 0.3 is 6.09 Å². The van der Waals surface area contributed by atoms with Crippen molar-refractivity contribution in [3.63, 3.8) is 0 Å². The number of nitrogens with one attached hydrogen (secondary N) is 4. The smallest absolute Gasteiger partial charge is 0.404 e. The van der Waals surface area contributed by atoms with Gasteiger partial charge in [-0.15, -0.1) is 0 Å². The Morgan fingerprint density at radius 3 is 2.48 bits per heavy atom. The minimum atomic E-state index is -2.71. The van der Waals surface area contributed by atoms with Crippen molar-refractivity contribution < 1.29 is 23.5 Å². The lowest BCUT2D eigenvalue weighted by molar-refractivity contribution is -0.0793. The maximum Gasteiger partial charge on any atom is 0.404 e. The first-order valence-corrected chi connectivity index (χ1v) is 10.6. The van der Waals surface area contributed by atoms with Crippen molar-refractivity contribution in [2.24, 2.45) is 0 Å². The molecule has 0 unspecified atom stereocenters. The van der Waals surface area contributed by atoms with Crippen LogP contribution in [0.1, 0.15) is 36.0 Å². The minimum Gasteiger partial charge on any atom is -0.465 e. The molecule has 9 nitrogen and oxygen atoms in total. The Bertz CT molecular complexity index is 1200. The minimum absolute atomic E-state index is 0.178. The molecule has 2 heterocycles. The van der Waals surface area contributed by atoms with Crippen molar-refractivity contribution in [2.45, 2.75) is 49.7 Å². The van der Waals surface area contributed by atoms with Gasteiger partial charge in [-0.1, -0.05) is 6.07 Å². The number of H-pyrrole nitrogens is 1. The van der Waals surface area contributed by atoms with Crippen LogP contribution < -0.4 is 16.0 Å². The molecule has 0 spiro atoms. The number of rotatable bonds is 6. The lowest BCUT2D eigenvalue weighted by Gasteiger charge is -2.37. The van der Waals surface area contributed by atoms with Crippen molar-refractivity contribution in [2.75, 3.05) is 5.32 Å². The molecule has 2 saturated carbocycles. The third-order valence-electron chi connectivity index (χ3n) is 6.18. The molecule has 0 bridgehead atoms. The van der Waals surface area contributed by atoms with Gasteiger partial charge in [0.05, 0.1) is 23.0 Å². The van der Waals surface area contributed by atoms with E-state index in [1.165, 1.54) is 6.20 Å². The number of halogens is 2. The first kappa shape index (κ1) is 21.1. The fourth-order valence-corrected chi connectivity index (χ4v) is 4.37.